The summed E-state index contributed by atoms with van der Waals surface area (Å²) in [6, 6.07) is 1.35. The Hall–Kier alpha value is -1.83. The monoisotopic (exact) mass is 328 g/mol. The lowest BCUT2D eigenvalue weighted by Crippen LogP contribution is -2.40. The number of hydrogen-bond acceptors (Lipinski definition) is 5. The normalized spacial score (nSPS) is 15.4. The molecule has 2 heterocycles. The van der Waals surface area contributed by atoms with Gasteiger partial charge in [0.15, 0.2) is 9.84 Å². The average molecular weight is 328 g/mol. The van der Waals surface area contributed by atoms with Crippen molar-refractivity contribution in [1.82, 2.24) is 9.88 Å². The maximum atomic E-state index is 12.1. The largest absolute Gasteiger partial charge is 0.444 e. The molecular weight excluding hydrogens is 308 g/mol. The van der Waals surface area contributed by atoms with E-state index in [4.69, 9.17) is 4.74 Å². The highest BCUT2D eigenvalue weighted by molar-refractivity contribution is 7.90. The average Bonchev–Trinajstić information content (AvgIpc) is 2.34. The van der Waals surface area contributed by atoms with Crippen molar-refractivity contribution in [3.63, 3.8) is 0 Å². The van der Waals surface area contributed by atoms with Crippen molar-refractivity contribution in [1.29, 1.82) is 0 Å². The van der Waals surface area contributed by atoms with Crippen LogP contribution in [0.5, 0.6) is 0 Å². The maximum Gasteiger partial charge on any atom is 0.410 e. The number of carbonyl (C=O) groups is 1. The zero-order chi connectivity index (χ0) is 16.7. The number of nitrogens with zero attached hydrogens (tertiary/aromatic N) is 1. The van der Waals surface area contributed by atoms with Gasteiger partial charge in [0.2, 0.25) is 0 Å². The second-order valence-electron chi connectivity index (χ2n) is 6.39. The van der Waals surface area contributed by atoms with E-state index in [2.05, 4.69) is 4.98 Å². The number of fused-ring (bicyclic) bond motifs is 1. The molecule has 22 heavy (non-hydrogen) atoms. The van der Waals surface area contributed by atoms with Crippen LogP contribution in [0.25, 0.3) is 0 Å². The van der Waals surface area contributed by atoms with Gasteiger partial charge in [0.1, 0.15) is 10.5 Å². The third kappa shape index (κ3) is 3.68. The molecule has 0 saturated carbocycles. The maximum absolute atomic E-state index is 12.1. The molecular formula is C14H20N2O5S. The highest BCUT2D eigenvalue weighted by Gasteiger charge is 2.27. The number of sulfone groups is 1. The van der Waals surface area contributed by atoms with E-state index in [1.165, 1.54) is 11.0 Å². The van der Waals surface area contributed by atoms with Gasteiger partial charge in [-0.25, -0.2) is 13.2 Å². The summed E-state index contributed by atoms with van der Waals surface area (Å²) in [5, 5.41) is 0. The van der Waals surface area contributed by atoms with Crippen LogP contribution in [0.1, 0.15) is 32.0 Å². The van der Waals surface area contributed by atoms with Crippen LogP contribution < -0.4 is 5.56 Å². The quantitative estimate of drug-likeness (QED) is 0.832. The SMILES string of the molecule is CC(C)(C)OC(=O)N1CCc2[nH]c(=O)c(S(C)(=O)=O)cc2C1. The Labute approximate surface area is 129 Å². The first-order valence-electron chi connectivity index (χ1n) is 6.90. The number of aromatic nitrogens is 1. The summed E-state index contributed by atoms with van der Waals surface area (Å²) < 4.78 is 28.5. The standard InChI is InChI=1S/C14H20N2O5S/c1-14(2,3)21-13(18)16-6-5-10-9(8-16)7-11(12(17)15-10)22(4,19)20/h7H,5-6,8H2,1-4H3,(H,15,17). The summed E-state index contributed by atoms with van der Waals surface area (Å²) in [5.41, 5.74) is 0.0709. The van der Waals surface area contributed by atoms with Crippen LogP contribution >= 0.6 is 0 Å². The highest BCUT2D eigenvalue weighted by atomic mass is 32.2. The van der Waals surface area contributed by atoms with Crippen molar-refractivity contribution in [2.45, 2.75) is 44.2 Å². The van der Waals surface area contributed by atoms with Crippen LogP contribution in [0.4, 0.5) is 4.79 Å². The van der Waals surface area contributed by atoms with Crippen molar-refractivity contribution >= 4 is 15.9 Å². The van der Waals surface area contributed by atoms with Gasteiger partial charge in [-0.1, -0.05) is 0 Å². The molecule has 1 amide bonds. The summed E-state index contributed by atoms with van der Waals surface area (Å²) in [4.78, 5) is 27.7. The van der Waals surface area contributed by atoms with Crippen molar-refractivity contribution in [2.75, 3.05) is 12.8 Å². The van der Waals surface area contributed by atoms with E-state index in [9.17, 15) is 18.0 Å². The molecule has 0 fully saturated rings. The predicted molar refractivity (Wildman–Crippen MR) is 80.5 cm³/mol. The first-order valence-corrected chi connectivity index (χ1v) is 8.79. The lowest BCUT2D eigenvalue weighted by molar-refractivity contribution is 0.0222. The van der Waals surface area contributed by atoms with Gasteiger partial charge < -0.3 is 14.6 Å². The molecule has 0 radical (unpaired) electrons. The minimum Gasteiger partial charge on any atom is -0.444 e. The molecule has 122 valence electrons. The summed E-state index contributed by atoms with van der Waals surface area (Å²) in [6.45, 7) is 5.96. The van der Waals surface area contributed by atoms with Gasteiger partial charge in [-0.05, 0) is 32.4 Å². The molecule has 0 bridgehead atoms. The van der Waals surface area contributed by atoms with Crippen molar-refractivity contribution in [3.8, 4) is 0 Å². The summed E-state index contributed by atoms with van der Waals surface area (Å²) >= 11 is 0. The Balaban J connectivity index is 2.30. The van der Waals surface area contributed by atoms with Crippen LogP contribution in [0.2, 0.25) is 0 Å². The van der Waals surface area contributed by atoms with E-state index in [-0.39, 0.29) is 11.4 Å². The summed E-state index contributed by atoms with van der Waals surface area (Å²) in [7, 11) is -3.61. The van der Waals surface area contributed by atoms with Crippen molar-refractivity contribution in [2.24, 2.45) is 0 Å². The van der Waals surface area contributed by atoms with Crippen LogP contribution in [0.3, 0.4) is 0 Å². The van der Waals surface area contributed by atoms with E-state index in [1.807, 2.05) is 0 Å². The van der Waals surface area contributed by atoms with Crippen molar-refractivity contribution < 1.29 is 17.9 Å². The number of nitrogens with one attached hydrogen (secondary N) is 1. The lowest BCUT2D eigenvalue weighted by atomic mass is 10.1. The van der Waals surface area contributed by atoms with Gasteiger partial charge in [0.25, 0.3) is 5.56 Å². The minimum absolute atomic E-state index is 0.212. The molecule has 0 spiro atoms. The zero-order valence-electron chi connectivity index (χ0n) is 13.1. The molecule has 0 saturated heterocycles. The predicted octanol–water partition coefficient (Wildman–Crippen LogP) is 1.07. The van der Waals surface area contributed by atoms with Crippen LogP contribution in [0.15, 0.2) is 15.8 Å². The molecule has 0 unspecified atom stereocenters. The number of rotatable bonds is 1. The van der Waals surface area contributed by atoms with Crippen LogP contribution in [0, 0.1) is 0 Å². The van der Waals surface area contributed by atoms with Gasteiger partial charge >= 0.3 is 6.09 Å². The smallest absolute Gasteiger partial charge is 0.410 e. The Bertz CT molecular complexity index is 758. The molecule has 1 aromatic rings. The molecule has 0 atom stereocenters. The Morgan fingerprint density at radius 3 is 2.55 bits per heavy atom. The van der Waals surface area contributed by atoms with Gasteiger partial charge in [0, 0.05) is 24.9 Å². The minimum atomic E-state index is -3.61. The molecule has 1 N–H and O–H groups in total. The van der Waals surface area contributed by atoms with E-state index < -0.39 is 27.1 Å². The number of H-pyrrole nitrogens is 1. The molecule has 0 aliphatic carbocycles. The second-order valence-corrected chi connectivity index (χ2v) is 8.37. The molecule has 2 rings (SSSR count). The van der Waals surface area contributed by atoms with E-state index in [0.29, 0.717) is 24.2 Å². The van der Waals surface area contributed by atoms with Crippen LogP contribution in [-0.4, -0.2) is 42.8 Å². The Morgan fingerprint density at radius 2 is 2.00 bits per heavy atom. The fourth-order valence-electron chi connectivity index (χ4n) is 2.24. The van der Waals surface area contributed by atoms with Gasteiger partial charge in [-0.2, -0.15) is 0 Å². The number of aromatic amines is 1. The van der Waals surface area contributed by atoms with E-state index >= 15 is 0 Å². The van der Waals surface area contributed by atoms with E-state index in [0.717, 1.165) is 6.26 Å². The number of amides is 1. The first kappa shape index (κ1) is 16.5. The topological polar surface area (TPSA) is 96.5 Å². The molecule has 1 aromatic heterocycles. The highest BCUT2D eigenvalue weighted by Crippen LogP contribution is 2.20. The zero-order valence-corrected chi connectivity index (χ0v) is 13.9. The molecule has 8 heteroatoms. The number of hydrogen-bond donors (Lipinski definition) is 1. The Kier molecular flexibility index (Phi) is 4.08. The fourth-order valence-corrected chi connectivity index (χ4v) is 2.99. The third-order valence-electron chi connectivity index (χ3n) is 3.23. The molecule has 7 nitrogen and oxygen atoms in total. The Morgan fingerprint density at radius 1 is 1.36 bits per heavy atom. The number of ether oxygens (including phenoxy) is 1. The van der Waals surface area contributed by atoms with Gasteiger partial charge in [-0.15, -0.1) is 0 Å². The fraction of sp³-hybridized carbons (Fsp3) is 0.571. The molecule has 1 aliphatic rings. The van der Waals surface area contributed by atoms with E-state index in [1.54, 1.807) is 20.8 Å². The van der Waals surface area contributed by atoms with Crippen molar-refractivity contribution in [3.05, 3.63) is 27.7 Å². The first-order chi connectivity index (χ1) is 9.97. The number of pyridine rings is 1. The van der Waals surface area contributed by atoms with Crippen LogP contribution in [-0.2, 0) is 27.5 Å². The third-order valence-corrected chi connectivity index (χ3v) is 4.33. The number of carbonyl (C=O) groups excluding carboxylic acids is 1. The van der Waals surface area contributed by atoms with Gasteiger partial charge in [-0.3, -0.25) is 4.79 Å². The lowest BCUT2D eigenvalue weighted by Gasteiger charge is -2.31. The summed E-state index contributed by atoms with van der Waals surface area (Å²) in [5.74, 6) is 0. The van der Waals surface area contributed by atoms with Gasteiger partial charge in [0.05, 0.1) is 6.54 Å². The second kappa shape index (κ2) is 5.42. The molecule has 0 aromatic carbocycles. The molecule has 1 aliphatic heterocycles. The summed E-state index contributed by atoms with van der Waals surface area (Å²) in [6.07, 6.45) is 0.983.